The summed E-state index contributed by atoms with van der Waals surface area (Å²) in [5.41, 5.74) is 2.15. The van der Waals surface area contributed by atoms with Crippen LogP contribution in [0.3, 0.4) is 0 Å². The maximum absolute atomic E-state index is 13.0. The van der Waals surface area contributed by atoms with Crippen molar-refractivity contribution in [1.82, 2.24) is 4.90 Å². The van der Waals surface area contributed by atoms with E-state index in [1.165, 1.54) is 12.1 Å². The fourth-order valence-electron chi connectivity index (χ4n) is 2.47. The Morgan fingerprint density at radius 2 is 1.65 bits per heavy atom. The van der Waals surface area contributed by atoms with Gasteiger partial charge in [-0.1, -0.05) is 36.7 Å². The van der Waals surface area contributed by atoms with Gasteiger partial charge in [-0.25, -0.2) is 4.39 Å². The molecule has 0 aliphatic heterocycles. The van der Waals surface area contributed by atoms with Gasteiger partial charge in [0.15, 0.2) is 0 Å². The molecular weight excluding hydrogens is 357 g/mol. The fraction of sp³-hybridized carbons (Fsp3) is 0.263. The van der Waals surface area contributed by atoms with Gasteiger partial charge in [-0.3, -0.25) is 14.5 Å². The molecule has 26 heavy (non-hydrogen) atoms. The summed E-state index contributed by atoms with van der Waals surface area (Å²) in [7, 11) is 1.66. The first-order valence-electron chi connectivity index (χ1n) is 8.20. The van der Waals surface area contributed by atoms with Crippen LogP contribution in [-0.2, 0) is 16.0 Å². The lowest BCUT2D eigenvalue weighted by Gasteiger charge is -2.17. The number of halogens is 2. The highest BCUT2D eigenvalue weighted by atomic mass is 35.5. The number of hydrogen-bond acceptors (Lipinski definition) is 3. The van der Waals surface area contributed by atoms with Gasteiger partial charge < -0.3 is 10.6 Å². The van der Waals surface area contributed by atoms with Crippen molar-refractivity contribution in [2.75, 3.05) is 30.8 Å². The highest BCUT2D eigenvalue weighted by molar-refractivity contribution is 6.33. The number of carbonyl (C=O) groups is 2. The van der Waals surface area contributed by atoms with Crippen LogP contribution >= 0.6 is 11.6 Å². The Kier molecular flexibility index (Phi) is 7.12. The van der Waals surface area contributed by atoms with Gasteiger partial charge >= 0.3 is 0 Å². The molecule has 2 N–H and O–H groups in total. The minimum atomic E-state index is -0.478. The van der Waals surface area contributed by atoms with Crippen molar-refractivity contribution in [2.24, 2.45) is 0 Å². The molecule has 0 saturated carbocycles. The predicted octanol–water partition coefficient (Wildman–Crippen LogP) is 3.55. The van der Waals surface area contributed by atoms with Crippen molar-refractivity contribution in [1.29, 1.82) is 0 Å². The van der Waals surface area contributed by atoms with Gasteiger partial charge in [0, 0.05) is 5.69 Å². The first-order valence-corrected chi connectivity index (χ1v) is 8.58. The molecule has 0 aromatic heterocycles. The highest BCUT2D eigenvalue weighted by Crippen LogP contribution is 2.22. The average Bonchev–Trinajstić information content (AvgIpc) is 2.57. The Labute approximate surface area is 157 Å². The molecule has 0 aliphatic rings. The monoisotopic (exact) mass is 377 g/mol. The van der Waals surface area contributed by atoms with Gasteiger partial charge in [-0.2, -0.15) is 0 Å². The van der Waals surface area contributed by atoms with Crippen LogP contribution in [0.4, 0.5) is 15.8 Å². The van der Waals surface area contributed by atoms with E-state index >= 15 is 0 Å². The van der Waals surface area contributed by atoms with Crippen molar-refractivity contribution in [2.45, 2.75) is 13.3 Å². The lowest BCUT2D eigenvalue weighted by molar-refractivity contribution is -0.119. The Morgan fingerprint density at radius 1 is 1.04 bits per heavy atom. The Bertz CT molecular complexity index is 798. The second-order valence-corrected chi connectivity index (χ2v) is 6.31. The smallest absolute Gasteiger partial charge is 0.238 e. The van der Waals surface area contributed by atoms with Crippen molar-refractivity contribution in [3.63, 3.8) is 0 Å². The molecule has 7 heteroatoms. The maximum atomic E-state index is 13.0. The number of anilines is 2. The molecule has 0 saturated heterocycles. The van der Waals surface area contributed by atoms with E-state index in [-0.39, 0.29) is 29.9 Å². The summed E-state index contributed by atoms with van der Waals surface area (Å²) < 4.78 is 13.0. The number of nitrogens with one attached hydrogen (secondary N) is 2. The topological polar surface area (TPSA) is 61.4 Å². The number of benzene rings is 2. The van der Waals surface area contributed by atoms with E-state index in [0.717, 1.165) is 23.7 Å². The zero-order chi connectivity index (χ0) is 19.1. The number of rotatable bonds is 7. The number of carbonyl (C=O) groups excluding carboxylic acids is 2. The minimum absolute atomic E-state index is 0.00342. The molecule has 0 spiro atoms. The maximum Gasteiger partial charge on any atom is 0.238 e. The van der Waals surface area contributed by atoms with E-state index in [1.54, 1.807) is 11.9 Å². The fourth-order valence-corrected chi connectivity index (χ4v) is 2.68. The van der Waals surface area contributed by atoms with E-state index in [2.05, 4.69) is 10.6 Å². The molecule has 0 atom stereocenters. The summed E-state index contributed by atoms with van der Waals surface area (Å²) in [5, 5.41) is 5.57. The molecule has 0 heterocycles. The van der Waals surface area contributed by atoms with Crippen LogP contribution < -0.4 is 10.6 Å². The SMILES string of the molecule is CCc1ccccc1NC(=O)CN(C)CC(=O)Nc1ccc(F)cc1Cl. The van der Waals surface area contributed by atoms with E-state index in [9.17, 15) is 14.0 Å². The predicted molar refractivity (Wildman–Crippen MR) is 102 cm³/mol. The van der Waals surface area contributed by atoms with Gasteiger partial charge in [0.1, 0.15) is 5.82 Å². The van der Waals surface area contributed by atoms with Crippen LogP contribution in [0, 0.1) is 5.82 Å². The van der Waals surface area contributed by atoms with Crippen LogP contribution in [0.25, 0.3) is 0 Å². The van der Waals surface area contributed by atoms with Crippen molar-refractivity contribution >= 4 is 34.8 Å². The van der Waals surface area contributed by atoms with Gasteiger partial charge in [-0.15, -0.1) is 0 Å². The van der Waals surface area contributed by atoms with Crippen LogP contribution in [-0.4, -0.2) is 36.9 Å². The number of amides is 2. The van der Waals surface area contributed by atoms with E-state index in [0.29, 0.717) is 5.69 Å². The van der Waals surface area contributed by atoms with Crippen molar-refractivity contribution in [3.8, 4) is 0 Å². The standard InChI is InChI=1S/C19H21ClFN3O2/c1-3-13-6-4-5-7-16(13)22-18(25)11-24(2)12-19(26)23-17-9-8-14(21)10-15(17)20/h4-10H,3,11-12H2,1-2H3,(H,22,25)(H,23,26). The van der Waals surface area contributed by atoms with Gasteiger partial charge in [0.25, 0.3) is 0 Å². The molecule has 5 nitrogen and oxygen atoms in total. The summed E-state index contributed by atoms with van der Waals surface area (Å²) in [4.78, 5) is 25.8. The first kappa shape index (κ1) is 19.9. The van der Waals surface area contributed by atoms with E-state index in [1.807, 2.05) is 31.2 Å². The molecule has 2 amide bonds. The second kappa shape index (κ2) is 9.31. The quantitative estimate of drug-likeness (QED) is 0.775. The first-order chi connectivity index (χ1) is 12.4. The highest BCUT2D eigenvalue weighted by Gasteiger charge is 2.13. The Morgan fingerprint density at radius 3 is 2.27 bits per heavy atom. The van der Waals surface area contributed by atoms with Crippen LogP contribution in [0.1, 0.15) is 12.5 Å². The number of aryl methyl sites for hydroxylation is 1. The Hall–Kier alpha value is -2.44. The molecule has 0 unspecified atom stereocenters. The molecule has 0 radical (unpaired) electrons. The van der Waals surface area contributed by atoms with Gasteiger partial charge in [0.05, 0.1) is 23.8 Å². The van der Waals surface area contributed by atoms with Gasteiger partial charge in [0.2, 0.25) is 11.8 Å². The molecule has 2 aromatic carbocycles. The van der Waals surface area contributed by atoms with Crippen molar-refractivity contribution < 1.29 is 14.0 Å². The third-order valence-electron chi connectivity index (χ3n) is 3.70. The second-order valence-electron chi connectivity index (χ2n) is 5.90. The summed E-state index contributed by atoms with van der Waals surface area (Å²) in [6.07, 6.45) is 0.813. The van der Waals surface area contributed by atoms with Gasteiger partial charge in [-0.05, 0) is 43.3 Å². The summed E-state index contributed by atoms with van der Waals surface area (Å²) in [6.45, 7) is 2.07. The third kappa shape index (κ3) is 5.82. The third-order valence-corrected chi connectivity index (χ3v) is 4.02. The molecular formula is C19H21ClFN3O2. The number of hydrogen-bond donors (Lipinski definition) is 2. The van der Waals surface area contributed by atoms with Crippen LogP contribution in [0.5, 0.6) is 0 Å². The zero-order valence-electron chi connectivity index (χ0n) is 14.7. The van der Waals surface area contributed by atoms with Crippen LogP contribution in [0.2, 0.25) is 5.02 Å². The molecule has 2 aromatic rings. The average molecular weight is 378 g/mol. The number of para-hydroxylation sites is 1. The number of nitrogens with zero attached hydrogens (tertiary/aromatic N) is 1. The van der Waals surface area contributed by atoms with Crippen LogP contribution in [0.15, 0.2) is 42.5 Å². The number of likely N-dealkylation sites (N-methyl/N-ethyl adjacent to an activating group) is 1. The molecule has 2 rings (SSSR count). The summed E-state index contributed by atoms with van der Waals surface area (Å²) in [6, 6.07) is 11.3. The summed E-state index contributed by atoms with van der Waals surface area (Å²) in [5.74, 6) is -1.03. The summed E-state index contributed by atoms with van der Waals surface area (Å²) >= 11 is 5.88. The lowest BCUT2D eigenvalue weighted by atomic mass is 10.1. The Balaban J connectivity index is 1.86. The normalized spacial score (nSPS) is 10.7. The lowest BCUT2D eigenvalue weighted by Crippen LogP contribution is -2.36. The molecule has 0 aliphatic carbocycles. The molecule has 0 fully saturated rings. The minimum Gasteiger partial charge on any atom is -0.325 e. The van der Waals surface area contributed by atoms with Crippen molar-refractivity contribution in [3.05, 3.63) is 58.9 Å². The molecule has 0 bridgehead atoms. The molecule has 138 valence electrons. The largest absolute Gasteiger partial charge is 0.325 e. The van der Waals surface area contributed by atoms with E-state index < -0.39 is 5.82 Å². The zero-order valence-corrected chi connectivity index (χ0v) is 15.4. The van der Waals surface area contributed by atoms with E-state index in [4.69, 9.17) is 11.6 Å².